The first kappa shape index (κ1) is 15.8. The van der Waals surface area contributed by atoms with Crippen LogP contribution in [0, 0.1) is 13.8 Å². The second kappa shape index (κ2) is 6.97. The van der Waals surface area contributed by atoms with E-state index in [0.717, 1.165) is 24.6 Å². The lowest BCUT2D eigenvalue weighted by molar-refractivity contribution is 0.0116. The number of nitrogens with one attached hydrogen (secondary N) is 1. The Morgan fingerprint density at radius 3 is 2.74 bits per heavy atom. The largest absolute Gasteiger partial charge is 0.465 e. The van der Waals surface area contributed by atoms with Crippen LogP contribution in [0.4, 0.5) is 0 Å². The van der Waals surface area contributed by atoms with E-state index in [0.29, 0.717) is 25.5 Å². The Morgan fingerprint density at radius 1 is 1.35 bits per heavy atom. The van der Waals surface area contributed by atoms with Crippen molar-refractivity contribution in [2.24, 2.45) is 0 Å². The lowest BCUT2D eigenvalue weighted by Gasteiger charge is -2.33. The Bertz CT molecular complexity index is 658. The minimum atomic E-state index is -0.271. The molecule has 2 aromatic rings. The molecule has 3 heterocycles. The molecule has 1 aliphatic heterocycles. The molecule has 0 radical (unpaired) electrons. The van der Waals surface area contributed by atoms with Crippen LogP contribution in [-0.2, 0) is 4.74 Å². The highest BCUT2D eigenvalue weighted by molar-refractivity contribution is 5.91. The third kappa shape index (κ3) is 3.80. The maximum atomic E-state index is 12.2. The van der Waals surface area contributed by atoms with Crippen LogP contribution in [0.1, 0.15) is 33.8 Å². The van der Waals surface area contributed by atoms with Gasteiger partial charge < -0.3 is 19.0 Å². The van der Waals surface area contributed by atoms with E-state index in [2.05, 4.69) is 15.4 Å². The number of aryl methyl sites for hydroxylation is 2. The summed E-state index contributed by atoms with van der Waals surface area (Å²) in [5, 5.41) is 6.64. The maximum absolute atomic E-state index is 12.2. The van der Waals surface area contributed by atoms with Crippen molar-refractivity contribution in [3.05, 3.63) is 41.2 Å². The predicted molar refractivity (Wildman–Crippen MR) is 82.2 cm³/mol. The van der Waals surface area contributed by atoms with Gasteiger partial charge in [-0.1, -0.05) is 5.16 Å². The fraction of sp³-hybridized carbons (Fsp3) is 0.500. The van der Waals surface area contributed by atoms with E-state index in [-0.39, 0.29) is 17.7 Å². The molecule has 1 N–H and O–H groups in total. The van der Waals surface area contributed by atoms with Crippen molar-refractivity contribution in [2.75, 3.05) is 32.8 Å². The first-order valence-electron chi connectivity index (χ1n) is 7.73. The zero-order valence-electron chi connectivity index (χ0n) is 13.4. The molecule has 1 atom stereocenters. The van der Waals surface area contributed by atoms with Crippen molar-refractivity contribution in [1.29, 1.82) is 0 Å². The van der Waals surface area contributed by atoms with E-state index >= 15 is 0 Å². The fourth-order valence-electron chi connectivity index (χ4n) is 2.68. The van der Waals surface area contributed by atoms with E-state index in [4.69, 9.17) is 13.7 Å². The van der Waals surface area contributed by atoms with E-state index in [1.165, 1.54) is 0 Å². The van der Waals surface area contributed by atoms with Crippen LogP contribution >= 0.6 is 0 Å². The van der Waals surface area contributed by atoms with Crippen molar-refractivity contribution in [3.8, 4) is 0 Å². The van der Waals surface area contributed by atoms with Crippen LogP contribution < -0.4 is 5.32 Å². The Hall–Kier alpha value is -2.12. The molecule has 1 aliphatic rings. The highest BCUT2D eigenvalue weighted by Gasteiger charge is 2.26. The van der Waals surface area contributed by atoms with Crippen molar-refractivity contribution < 1.29 is 18.5 Å². The molecule has 1 saturated heterocycles. The highest BCUT2D eigenvalue weighted by Crippen LogP contribution is 2.23. The van der Waals surface area contributed by atoms with Gasteiger partial charge in [0.2, 0.25) is 5.76 Å². The average molecular weight is 319 g/mol. The SMILES string of the molecule is Cc1cc(C(=O)NC[C@@H](c2ccc(C)o2)N2CCOCC2)on1. The quantitative estimate of drug-likeness (QED) is 0.903. The van der Waals surface area contributed by atoms with Crippen LogP contribution in [0.15, 0.2) is 27.1 Å². The van der Waals surface area contributed by atoms with Crippen molar-refractivity contribution in [1.82, 2.24) is 15.4 Å². The molecule has 0 aliphatic carbocycles. The van der Waals surface area contributed by atoms with Crippen LogP contribution in [-0.4, -0.2) is 48.8 Å². The van der Waals surface area contributed by atoms with Crippen LogP contribution in [0.3, 0.4) is 0 Å². The molecular weight excluding hydrogens is 298 g/mol. The lowest BCUT2D eigenvalue weighted by Crippen LogP contribution is -2.43. The van der Waals surface area contributed by atoms with Crippen LogP contribution in [0.5, 0.6) is 0 Å². The van der Waals surface area contributed by atoms with Crippen LogP contribution in [0.25, 0.3) is 0 Å². The summed E-state index contributed by atoms with van der Waals surface area (Å²) in [4.78, 5) is 14.4. The van der Waals surface area contributed by atoms with E-state index < -0.39 is 0 Å². The smallest absolute Gasteiger partial charge is 0.289 e. The van der Waals surface area contributed by atoms with E-state index in [1.54, 1.807) is 13.0 Å². The number of amides is 1. The summed E-state index contributed by atoms with van der Waals surface area (Å²) in [6, 6.07) is 5.49. The summed E-state index contributed by atoms with van der Waals surface area (Å²) >= 11 is 0. The Labute approximate surface area is 134 Å². The molecule has 1 fully saturated rings. The van der Waals surface area contributed by atoms with Gasteiger partial charge in [-0.25, -0.2) is 0 Å². The van der Waals surface area contributed by atoms with Gasteiger partial charge >= 0.3 is 0 Å². The van der Waals surface area contributed by atoms with Gasteiger partial charge in [-0.05, 0) is 26.0 Å². The second-order valence-corrected chi connectivity index (χ2v) is 5.66. The topological polar surface area (TPSA) is 80.7 Å². The number of aromatic nitrogens is 1. The molecule has 2 aromatic heterocycles. The van der Waals surface area contributed by atoms with Gasteiger partial charge in [-0.3, -0.25) is 9.69 Å². The molecule has 0 bridgehead atoms. The fourth-order valence-corrected chi connectivity index (χ4v) is 2.68. The molecule has 0 saturated carbocycles. The van der Waals surface area contributed by atoms with Gasteiger partial charge in [0.25, 0.3) is 5.91 Å². The lowest BCUT2D eigenvalue weighted by atomic mass is 10.1. The van der Waals surface area contributed by atoms with Gasteiger partial charge in [-0.15, -0.1) is 0 Å². The summed E-state index contributed by atoms with van der Waals surface area (Å²) < 4.78 is 16.2. The second-order valence-electron chi connectivity index (χ2n) is 5.66. The van der Waals surface area contributed by atoms with Crippen molar-refractivity contribution in [3.63, 3.8) is 0 Å². The maximum Gasteiger partial charge on any atom is 0.289 e. The molecule has 1 amide bonds. The number of nitrogens with zero attached hydrogens (tertiary/aromatic N) is 2. The third-order valence-electron chi connectivity index (χ3n) is 3.88. The first-order chi connectivity index (χ1) is 11.1. The van der Waals surface area contributed by atoms with Gasteiger partial charge in [0.05, 0.1) is 24.9 Å². The molecule has 124 valence electrons. The van der Waals surface area contributed by atoms with Gasteiger partial charge in [-0.2, -0.15) is 0 Å². The summed E-state index contributed by atoms with van der Waals surface area (Å²) in [6.07, 6.45) is 0. The highest BCUT2D eigenvalue weighted by atomic mass is 16.5. The molecule has 0 spiro atoms. The summed E-state index contributed by atoms with van der Waals surface area (Å²) in [6.45, 7) is 7.12. The minimum Gasteiger partial charge on any atom is -0.465 e. The number of furan rings is 1. The molecule has 23 heavy (non-hydrogen) atoms. The number of carbonyl (C=O) groups excluding carboxylic acids is 1. The Balaban J connectivity index is 1.69. The summed E-state index contributed by atoms with van der Waals surface area (Å²) in [5.74, 6) is 1.65. The van der Waals surface area contributed by atoms with Crippen molar-refractivity contribution in [2.45, 2.75) is 19.9 Å². The van der Waals surface area contributed by atoms with Gasteiger partial charge in [0.15, 0.2) is 0 Å². The zero-order valence-corrected chi connectivity index (χ0v) is 13.4. The molecule has 7 nitrogen and oxygen atoms in total. The molecular formula is C16H21N3O4. The number of morpholine rings is 1. The number of hydrogen-bond donors (Lipinski definition) is 1. The Morgan fingerprint density at radius 2 is 2.13 bits per heavy atom. The van der Waals surface area contributed by atoms with E-state index in [9.17, 15) is 4.79 Å². The molecule has 7 heteroatoms. The number of rotatable bonds is 5. The van der Waals surface area contributed by atoms with Crippen LogP contribution in [0.2, 0.25) is 0 Å². The number of carbonyl (C=O) groups is 1. The summed E-state index contributed by atoms with van der Waals surface area (Å²) in [7, 11) is 0. The minimum absolute atomic E-state index is 0.0273. The normalized spacial score (nSPS) is 17.1. The standard InChI is InChI=1S/C16H21N3O4/c1-11-9-15(23-18-11)16(20)17-10-13(14-4-3-12(2)22-14)19-5-7-21-8-6-19/h3-4,9,13H,5-8,10H2,1-2H3,(H,17,20)/t13-/m0/s1. The first-order valence-corrected chi connectivity index (χ1v) is 7.73. The monoisotopic (exact) mass is 319 g/mol. The van der Waals surface area contributed by atoms with Gasteiger partial charge in [0, 0.05) is 25.7 Å². The zero-order chi connectivity index (χ0) is 16.2. The van der Waals surface area contributed by atoms with Gasteiger partial charge in [0.1, 0.15) is 11.5 Å². The molecule has 0 aromatic carbocycles. The van der Waals surface area contributed by atoms with Crippen molar-refractivity contribution >= 4 is 5.91 Å². The molecule has 0 unspecified atom stereocenters. The predicted octanol–water partition coefficient (Wildman–Crippen LogP) is 1.69. The third-order valence-corrected chi connectivity index (χ3v) is 3.88. The summed E-state index contributed by atoms with van der Waals surface area (Å²) in [5.41, 5.74) is 0.682. The molecule has 3 rings (SSSR count). The van der Waals surface area contributed by atoms with E-state index in [1.807, 2.05) is 19.1 Å². The number of ether oxygens (including phenoxy) is 1. The average Bonchev–Trinajstić information content (AvgIpc) is 3.17. The number of hydrogen-bond acceptors (Lipinski definition) is 6. The Kier molecular flexibility index (Phi) is 4.78.